The molecule has 0 unspecified atom stereocenters. The molecule has 0 atom stereocenters. The molecular weight excluding hydrogens is 336 g/mol. The lowest BCUT2D eigenvalue weighted by Gasteiger charge is -2.09. The van der Waals surface area contributed by atoms with Gasteiger partial charge in [0.05, 0.1) is 12.2 Å². The van der Waals surface area contributed by atoms with E-state index in [2.05, 4.69) is 32.0 Å². The van der Waals surface area contributed by atoms with E-state index in [0.29, 0.717) is 35.8 Å². The Bertz CT molecular complexity index is 793. The van der Waals surface area contributed by atoms with Crippen molar-refractivity contribution in [3.63, 3.8) is 0 Å². The van der Waals surface area contributed by atoms with Crippen molar-refractivity contribution < 1.29 is 9.53 Å². The molecule has 0 aliphatic rings. The molecule has 0 spiro atoms. The molecular formula is C23H32N2O2. The second kappa shape index (κ2) is 10.6. The standard InChI is InChI=1S/C21H26N2O2.C2H6/c1-6-18-17(13-22)19(20(23(18)5)21(24)25-7-2)16-10-8-15(9-11-16)12-14(3)4;1-2/h8-11,14H,6-7,12H2,1-5H3;1-2H3. The average molecular weight is 369 g/mol. The largest absolute Gasteiger partial charge is 0.461 e. The second-order valence-corrected chi connectivity index (χ2v) is 6.59. The minimum absolute atomic E-state index is 0.306. The molecule has 4 heteroatoms. The Morgan fingerprint density at radius 2 is 1.78 bits per heavy atom. The Morgan fingerprint density at radius 3 is 2.22 bits per heavy atom. The van der Waals surface area contributed by atoms with Gasteiger partial charge in [-0.1, -0.05) is 58.9 Å². The number of nitrogens with zero attached hydrogens (tertiary/aromatic N) is 2. The van der Waals surface area contributed by atoms with E-state index >= 15 is 0 Å². The van der Waals surface area contributed by atoms with Crippen LogP contribution in [0.25, 0.3) is 11.1 Å². The van der Waals surface area contributed by atoms with Gasteiger partial charge >= 0.3 is 5.97 Å². The molecule has 0 aliphatic carbocycles. The summed E-state index contributed by atoms with van der Waals surface area (Å²) in [6, 6.07) is 10.4. The van der Waals surface area contributed by atoms with Crippen molar-refractivity contribution >= 4 is 5.97 Å². The maximum Gasteiger partial charge on any atom is 0.355 e. The molecule has 27 heavy (non-hydrogen) atoms. The SMILES string of the molecule is CC.CCOC(=O)c1c(-c2ccc(CC(C)C)cc2)c(C#N)c(CC)n1C. The summed E-state index contributed by atoms with van der Waals surface area (Å²) in [6.45, 7) is 12.4. The lowest BCUT2D eigenvalue weighted by Crippen LogP contribution is -2.12. The van der Waals surface area contributed by atoms with E-state index in [9.17, 15) is 10.1 Å². The Kier molecular flexibility index (Phi) is 8.81. The quantitative estimate of drug-likeness (QED) is 0.630. The Balaban J connectivity index is 0.00000176. The van der Waals surface area contributed by atoms with Crippen LogP contribution in [0, 0.1) is 17.2 Å². The summed E-state index contributed by atoms with van der Waals surface area (Å²) in [5, 5.41) is 9.70. The summed E-state index contributed by atoms with van der Waals surface area (Å²) in [7, 11) is 1.82. The molecule has 146 valence electrons. The number of hydrogen-bond donors (Lipinski definition) is 0. The summed E-state index contributed by atoms with van der Waals surface area (Å²) in [6.07, 6.45) is 1.68. The van der Waals surface area contributed by atoms with Gasteiger partial charge in [0.2, 0.25) is 0 Å². The molecule has 0 N–H and O–H groups in total. The number of esters is 1. The van der Waals surface area contributed by atoms with Gasteiger partial charge in [0.1, 0.15) is 11.8 Å². The van der Waals surface area contributed by atoms with Crippen molar-refractivity contribution in [3.8, 4) is 17.2 Å². The predicted octanol–water partition coefficient (Wildman–Crippen LogP) is 5.53. The van der Waals surface area contributed by atoms with E-state index in [1.807, 2.05) is 40.0 Å². The summed E-state index contributed by atoms with van der Waals surface area (Å²) >= 11 is 0. The number of benzene rings is 1. The smallest absolute Gasteiger partial charge is 0.355 e. The van der Waals surface area contributed by atoms with Crippen LogP contribution in [0.1, 0.15) is 68.9 Å². The molecule has 0 bridgehead atoms. The number of hydrogen-bond acceptors (Lipinski definition) is 3. The van der Waals surface area contributed by atoms with E-state index < -0.39 is 0 Å². The number of ether oxygens (including phenoxy) is 1. The zero-order chi connectivity index (χ0) is 20.6. The lowest BCUT2D eigenvalue weighted by atomic mass is 9.96. The third kappa shape index (κ3) is 5.01. The van der Waals surface area contributed by atoms with Crippen LogP contribution in [0.2, 0.25) is 0 Å². The molecule has 1 heterocycles. The first-order chi connectivity index (χ1) is 12.9. The summed E-state index contributed by atoms with van der Waals surface area (Å²) in [4.78, 5) is 12.5. The van der Waals surface area contributed by atoms with Crippen molar-refractivity contribution in [2.75, 3.05) is 6.61 Å². The molecule has 0 saturated carbocycles. The third-order valence-corrected chi connectivity index (χ3v) is 4.32. The minimum atomic E-state index is -0.387. The van der Waals surface area contributed by atoms with Crippen LogP contribution in [0.5, 0.6) is 0 Å². The maximum absolute atomic E-state index is 12.5. The molecule has 0 amide bonds. The first kappa shape index (κ1) is 22.5. The molecule has 2 aromatic rings. The predicted molar refractivity (Wildman–Crippen MR) is 111 cm³/mol. The Hall–Kier alpha value is -2.54. The summed E-state index contributed by atoms with van der Waals surface area (Å²) in [5.74, 6) is 0.196. The van der Waals surface area contributed by atoms with Crippen LogP contribution in [0.3, 0.4) is 0 Å². The zero-order valence-corrected chi connectivity index (χ0v) is 17.7. The minimum Gasteiger partial charge on any atom is -0.461 e. The fraction of sp³-hybridized carbons (Fsp3) is 0.478. The average Bonchev–Trinajstić information content (AvgIpc) is 2.95. The van der Waals surface area contributed by atoms with E-state index in [1.54, 1.807) is 11.5 Å². The van der Waals surface area contributed by atoms with E-state index in [-0.39, 0.29) is 5.97 Å². The van der Waals surface area contributed by atoms with E-state index in [1.165, 1.54) is 5.56 Å². The van der Waals surface area contributed by atoms with E-state index in [0.717, 1.165) is 17.7 Å². The highest BCUT2D eigenvalue weighted by Crippen LogP contribution is 2.33. The van der Waals surface area contributed by atoms with Gasteiger partial charge in [0.25, 0.3) is 0 Å². The van der Waals surface area contributed by atoms with Gasteiger partial charge in [0.15, 0.2) is 0 Å². The summed E-state index contributed by atoms with van der Waals surface area (Å²) in [5.41, 5.74) is 4.67. The van der Waals surface area contributed by atoms with Crippen molar-refractivity contribution in [2.45, 2.75) is 54.4 Å². The van der Waals surface area contributed by atoms with Gasteiger partial charge in [-0.05, 0) is 36.8 Å². The molecule has 0 fully saturated rings. The highest BCUT2D eigenvalue weighted by molar-refractivity contribution is 5.98. The van der Waals surface area contributed by atoms with Crippen molar-refractivity contribution in [2.24, 2.45) is 13.0 Å². The molecule has 1 aromatic heterocycles. The van der Waals surface area contributed by atoms with Crippen LogP contribution in [0.15, 0.2) is 24.3 Å². The third-order valence-electron chi connectivity index (χ3n) is 4.32. The Labute approximate surface area is 163 Å². The van der Waals surface area contributed by atoms with E-state index in [4.69, 9.17) is 4.74 Å². The maximum atomic E-state index is 12.5. The number of rotatable bonds is 6. The number of carbonyl (C=O) groups is 1. The normalized spacial score (nSPS) is 10.2. The molecule has 2 rings (SSSR count). The van der Waals surface area contributed by atoms with Gasteiger partial charge in [-0.2, -0.15) is 5.26 Å². The van der Waals surface area contributed by atoms with Gasteiger partial charge in [0, 0.05) is 18.3 Å². The first-order valence-electron chi connectivity index (χ1n) is 9.82. The summed E-state index contributed by atoms with van der Waals surface area (Å²) < 4.78 is 7.03. The zero-order valence-electron chi connectivity index (χ0n) is 17.7. The lowest BCUT2D eigenvalue weighted by molar-refractivity contribution is 0.0516. The van der Waals surface area contributed by atoms with Gasteiger partial charge < -0.3 is 9.30 Å². The van der Waals surface area contributed by atoms with Crippen LogP contribution in [-0.2, 0) is 24.6 Å². The van der Waals surface area contributed by atoms with Crippen molar-refractivity contribution in [3.05, 3.63) is 46.8 Å². The van der Waals surface area contributed by atoms with Gasteiger partial charge in [-0.15, -0.1) is 0 Å². The van der Waals surface area contributed by atoms with Crippen LogP contribution in [0.4, 0.5) is 0 Å². The van der Waals surface area contributed by atoms with Crippen molar-refractivity contribution in [1.29, 1.82) is 5.26 Å². The number of carbonyl (C=O) groups excluding carboxylic acids is 1. The molecule has 0 radical (unpaired) electrons. The molecule has 0 aliphatic heterocycles. The van der Waals surface area contributed by atoms with Crippen LogP contribution >= 0.6 is 0 Å². The van der Waals surface area contributed by atoms with Crippen LogP contribution in [-0.4, -0.2) is 17.1 Å². The number of nitriles is 1. The second-order valence-electron chi connectivity index (χ2n) is 6.59. The topological polar surface area (TPSA) is 55.0 Å². The van der Waals surface area contributed by atoms with Gasteiger partial charge in [-0.25, -0.2) is 4.79 Å². The van der Waals surface area contributed by atoms with Crippen LogP contribution < -0.4 is 0 Å². The molecule has 0 saturated heterocycles. The fourth-order valence-electron chi connectivity index (χ4n) is 3.27. The van der Waals surface area contributed by atoms with Crippen molar-refractivity contribution in [1.82, 2.24) is 4.57 Å². The first-order valence-corrected chi connectivity index (χ1v) is 9.82. The fourth-order valence-corrected chi connectivity index (χ4v) is 3.27. The molecule has 4 nitrogen and oxygen atoms in total. The highest BCUT2D eigenvalue weighted by Gasteiger charge is 2.26. The monoisotopic (exact) mass is 368 g/mol. The van der Waals surface area contributed by atoms with Gasteiger partial charge in [-0.3, -0.25) is 0 Å². The Morgan fingerprint density at radius 1 is 1.19 bits per heavy atom. The highest BCUT2D eigenvalue weighted by atomic mass is 16.5. The molecule has 1 aromatic carbocycles. The number of aromatic nitrogens is 1.